The fourth-order valence-electron chi connectivity index (χ4n) is 4.57. The Morgan fingerprint density at radius 2 is 1.61 bits per heavy atom. The van der Waals surface area contributed by atoms with Crippen LogP contribution in [0.4, 0.5) is 10.1 Å². The monoisotopic (exact) mass is 537 g/mol. The predicted octanol–water partition coefficient (Wildman–Crippen LogP) is 6.09. The molecule has 0 amide bonds. The Hall–Kier alpha value is -3.98. The van der Waals surface area contributed by atoms with Crippen LogP contribution in [-0.4, -0.2) is 50.0 Å². The average molecular weight is 538 g/mol. The molecule has 0 fully saturated rings. The largest absolute Gasteiger partial charge is 0.495 e. The summed E-state index contributed by atoms with van der Waals surface area (Å²) in [5.41, 5.74) is 4.65. The minimum atomic E-state index is -0.264. The van der Waals surface area contributed by atoms with Gasteiger partial charge in [0.05, 0.1) is 34.1 Å². The number of rotatable bonds is 10. The van der Waals surface area contributed by atoms with Crippen molar-refractivity contribution in [2.24, 2.45) is 0 Å². The Kier molecular flexibility index (Phi) is 8.58. The lowest BCUT2D eigenvalue weighted by molar-refractivity contribution is 0.322. The van der Waals surface area contributed by atoms with Crippen LogP contribution in [0.1, 0.15) is 16.8 Å². The fraction of sp³-hybridized carbons (Fsp3) is 0.276. The highest BCUT2D eigenvalue weighted by Gasteiger charge is 2.19. The molecule has 4 rings (SSSR count). The van der Waals surface area contributed by atoms with Crippen LogP contribution in [0, 0.1) is 12.7 Å². The summed E-state index contributed by atoms with van der Waals surface area (Å²) in [6.45, 7) is 3.04. The van der Waals surface area contributed by atoms with E-state index in [2.05, 4.69) is 15.2 Å². The van der Waals surface area contributed by atoms with Gasteiger partial charge in [-0.05, 0) is 79.2 Å². The number of aromatic nitrogens is 1. The number of benzene rings is 3. The molecule has 0 spiro atoms. The van der Waals surface area contributed by atoms with Crippen molar-refractivity contribution in [3.8, 4) is 23.0 Å². The Balaban J connectivity index is 1.66. The molecule has 0 aliphatic rings. The topological polar surface area (TPSA) is 68.0 Å². The molecule has 0 aliphatic carbocycles. The fourth-order valence-corrected chi connectivity index (χ4v) is 4.83. The lowest BCUT2D eigenvalue weighted by Crippen LogP contribution is -2.36. The quantitative estimate of drug-likeness (QED) is 0.237. The van der Waals surface area contributed by atoms with E-state index in [1.807, 2.05) is 43.3 Å². The number of methoxy groups -OCH3 is 4. The van der Waals surface area contributed by atoms with Crippen molar-refractivity contribution in [3.63, 3.8) is 0 Å². The number of ether oxygens (including phenoxy) is 4. The summed E-state index contributed by atoms with van der Waals surface area (Å²) in [6, 6.07) is 16.2. The first-order valence-corrected chi connectivity index (χ1v) is 12.5. The summed E-state index contributed by atoms with van der Waals surface area (Å²) >= 11 is 5.88. The maximum Gasteiger partial charge on any atom is 0.203 e. The maximum atomic E-state index is 14.1. The van der Waals surface area contributed by atoms with Gasteiger partial charge >= 0.3 is 0 Å². The van der Waals surface area contributed by atoms with E-state index in [1.165, 1.54) is 6.07 Å². The van der Waals surface area contributed by atoms with Gasteiger partial charge in [-0.2, -0.15) is 0 Å². The molecule has 0 saturated heterocycles. The van der Waals surface area contributed by atoms with Crippen LogP contribution in [0.25, 0.3) is 10.9 Å². The van der Waals surface area contributed by atoms with Crippen molar-refractivity contribution in [2.45, 2.75) is 19.9 Å². The normalized spacial score (nSPS) is 10.8. The van der Waals surface area contributed by atoms with Crippen molar-refractivity contribution in [1.82, 2.24) is 9.88 Å². The summed E-state index contributed by atoms with van der Waals surface area (Å²) in [4.78, 5) is 5.41. The minimum absolute atomic E-state index is 0.264. The number of nitrogens with zero attached hydrogens (tertiary/aromatic N) is 1. The standard InChI is InChI=1S/C29H32FN3O4S/c1-18-21(22-16-20(30)10-11-23(22)31-18)12-13-33(29(38)32-24-8-6-7-9-25(24)34-2)17-19-14-26(35-3)28(37-5)27(15-19)36-4/h6-11,14-16,31H,12-13,17H2,1-5H3,(H,32,38). The smallest absolute Gasteiger partial charge is 0.203 e. The predicted molar refractivity (Wildman–Crippen MR) is 152 cm³/mol. The molecule has 38 heavy (non-hydrogen) atoms. The zero-order valence-corrected chi connectivity index (χ0v) is 23.0. The molecular formula is C29H32FN3O4S. The van der Waals surface area contributed by atoms with Gasteiger partial charge in [-0.3, -0.25) is 0 Å². The summed E-state index contributed by atoms with van der Waals surface area (Å²) in [5.74, 6) is 2.07. The molecule has 0 radical (unpaired) electrons. The Labute approximate surface area is 227 Å². The molecule has 3 aromatic carbocycles. The number of nitrogens with one attached hydrogen (secondary N) is 2. The van der Waals surface area contributed by atoms with Crippen LogP contribution in [0.3, 0.4) is 0 Å². The molecule has 2 N–H and O–H groups in total. The number of aryl methyl sites for hydroxylation is 1. The van der Waals surface area contributed by atoms with Crippen LogP contribution in [0.15, 0.2) is 54.6 Å². The highest BCUT2D eigenvalue weighted by molar-refractivity contribution is 7.80. The molecule has 200 valence electrons. The molecule has 1 heterocycles. The zero-order valence-electron chi connectivity index (χ0n) is 22.2. The summed E-state index contributed by atoms with van der Waals surface area (Å²) in [7, 11) is 6.37. The van der Waals surface area contributed by atoms with Crippen molar-refractivity contribution in [2.75, 3.05) is 40.3 Å². The van der Waals surface area contributed by atoms with E-state index >= 15 is 0 Å². The van der Waals surface area contributed by atoms with Gasteiger partial charge in [-0.15, -0.1) is 0 Å². The van der Waals surface area contributed by atoms with Crippen molar-refractivity contribution in [1.29, 1.82) is 0 Å². The molecule has 4 aromatic rings. The third-order valence-electron chi connectivity index (χ3n) is 6.45. The van der Waals surface area contributed by atoms with Crippen LogP contribution < -0.4 is 24.3 Å². The van der Waals surface area contributed by atoms with E-state index in [9.17, 15) is 4.39 Å². The van der Waals surface area contributed by atoms with Crippen LogP contribution >= 0.6 is 12.2 Å². The van der Waals surface area contributed by atoms with Crippen molar-refractivity contribution >= 4 is 33.9 Å². The lowest BCUT2D eigenvalue weighted by Gasteiger charge is -2.27. The lowest BCUT2D eigenvalue weighted by atomic mass is 10.1. The molecule has 0 atom stereocenters. The van der Waals surface area contributed by atoms with Gasteiger partial charge < -0.3 is 34.1 Å². The van der Waals surface area contributed by atoms with Gasteiger partial charge in [0.2, 0.25) is 5.75 Å². The summed E-state index contributed by atoms with van der Waals surface area (Å²) in [6.07, 6.45) is 0.646. The van der Waals surface area contributed by atoms with E-state index in [0.717, 1.165) is 33.4 Å². The highest BCUT2D eigenvalue weighted by Crippen LogP contribution is 2.38. The molecule has 0 unspecified atom stereocenters. The number of fused-ring (bicyclic) bond motifs is 1. The minimum Gasteiger partial charge on any atom is -0.495 e. The van der Waals surface area contributed by atoms with Crippen molar-refractivity contribution in [3.05, 3.63) is 77.2 Å². The molecular weight excluding hydrogens is 505 g/mol. The second-order valence-corrected chi connectivity index (χ2v) is 9.14. The van der Waals surface area contributed by atoms with Gasteiger partial charge in [-0.25, -0.2) is 4.39 Å². The number of aromatic amines is 1. The molecule has 0 bridgehead atoms. The van der Waals surface area contributed by atoms with Gasteiger partial charge in [-0.1, -0.05) is 12.1 Å². The number of anilines is 1. The molecule has 0 saturated carbocycles. The molecule has 7 nitrogen and oxygen atoms in total. The number of halogens is 1. The third kappa shape index (κ3) is 5.78. The van der Waals surface area contributed by atoms with Gasteiger partial charge in [0.25, 0.3) is 0 Å². The number of hydrogen-bond acceptors (Lipinski definition) is 5. The Morgan fingerprint density at radius 3 is 2.26 bits per heavy atom. The number of para-hydroxylation sites is 2. The molecule has 1 aromatic heterocycles. The highest BCUT2D eigenvalue weighted by atomic mass is 32.1. The van der Waals surface area contributed by atoms with E-state index in [4.69, 9.17) is 31.2 Å². The number of H-pyrrole nitrogens is 1. The summed E-state index contributed by atoms with van der Waals surface area (Å²) < 4.78 is 36.1. The number of thiocarbonyl (C=S) groups is 1. The Morgan fingerprint density at radius 1 is 0.921 bits per heavy atom. The van der Waals surface area contributed by atoms with Crippen molar-refractivity contribution < 1.29 is 23.3 Å². The van der Waals surface area contributed by atoms with Gasteiger partial charge in [0, 0.05) is 29.7 Å². The van der Waals surface area contributed by atoms with E-state index in [1.54, 1.807) is 40.6 Å². The first-order valence-electron chi connectivity index (χ1n) is 12.1. The van der Waals surface area contributed by atoms with Crippen LogP contribution in [0.5, 0.6) is 23.0 Å². The van der Waals surface area contributed by atoms with E-state index in [0.29, 0.717) is 47.6 Å². The first-order chi connectivity index (χ1) is 18.4. The second-order valence-electron chi connectivity index (χ2n) is 8.75. The molecule has 9 heteroatoms. The zero-order chi connectivity index (χ0) is 27.2. The number of hydrogen-bond donors (Lipinski definition) is 2. The first kappa shape index (κ1) is 27.1. The summed E-state index contributed by atoms with van der Waals surface area (Å²) in [5, 5.41) is 4.72. The van der Waals surface area contributed by atoms with Crippen LogP contribution in [-0.2, 0) is 13.0 Å². The van der Waals surface area contributed by atoms with E-state index in [-0.39, 0.29) is 5.82 Å². The van der Waals surface area contributed by atoms with Gasteiger partial charge in [0.15, 0.2) is 16.6 Å². The second kappa shape index (κ2) is 12.0. The Bertz CT molecular complexity index is 1410. The third-order valence-corrected chi connectivity index (χ3v) is 6.81. The van der Waals surface area contributed by atoms with Crippen LogP contribution in [0.2, 0.25) is 0 Å². The molecule has 0 aliphatic heterocycles. The van der Waals surface area contributed by atoms with Gasteiger partial charge in [0.1, 0.15) is 11.6 Å². The van der Waals surface area contributed by atoms with E-state index < -0.39 is 0 Å². The SMILES string of the molecule is COc1ccccc1NC(=S)N(CCc1c(C)[nH]c2ccc(F)cc12)Cc1cc(OC)c(OC)c(OC)c1. The average Bonchev–Trinajstić information content (AvgIpc) is 3.24. The maximum absolute atomic E-state index is 14.1.